The Labute approximate surface area is 245 Å². The Hall–Kier alpha value is -4.32. The van der Waals surface area contributed by atoms with Crippen LogP contribution in [0.2, 0.25) is 0 Å². The predicted molar refractivity (Wildman–Crippen MR) is 156 cm³/mol. The summed E-state index contributed by atoms with van der Waals surface area (Å²) < 4.78 is 16.2. The Morgan fingerprint density at radius 2 is 1.20 bits per heavy atom. The molecule has 0 aromatic heterocycles. The third-order valence-electron chi connectivity index (χ3n) is 5.01. The molecule has 0 heterocycles. The second-order valence-electron chi connectivity index (χ2n) is 10.6. The van der Waals surface area contributed by atoms with Crippen LogP contribution in [0.15, 0.2) is 65.1 Å². The fourth-order valence-corrected chi connectivity index (χ4v) is 3.75. The standard InChI is InChI=1S/C18H19NO5.C11H12BrNO4/c1-18(2,3)24-17(20)14-10-9-12(11-15(14)19(21)22)13-7-5-6-8-16(13)23-4;1-11(2,3)17-10(14)8-5-4-7(12)6-9(8)13(15)16/h5-11H,1-4H3;4-6H,1-3H3. The molecule has 3 aromatic carbocycles. The van der Waals surface area contributed by atoms with Crippen LogP contribution in [-0.2, 0) is 9.47 Å². The van der Waals surface area contributed by atoms with Crippen LogP contribution in [0, 0.1) is 20.2 Å². The van der Waals surface area contributed by atoms with Crippen molar-refractivity contribution in [2.24, 2.45) is 0 Å². The van der Waals surface area contributed by atoms with Crippen LogP contribution in [0.5, 0.6) is 5.75 Å². The zero-order valence-electron chi connectivity index (χ0n) is 23.7. The normalized spacial score (nSPS) is 11.0. The molecule has 0 saturated carbocycles. The van der Waals surface area contributed by atoms with Gasteiger partial charge in [0.05, 0.1) is 17.0 Å². The van der Waals surface area contributed by atoms with Crippen molar-refractivity contribution in [3.05, 3.63) is 96.5 Å². The Bertz CT molecular complexity index is 1460. The molecule has 0 N–H and O–H groups in total. The third-order valence-corrected chi connectivity index (χ3v) is 5.50. The SMILES string of the molecule is CC(C)(C)OC(=O)c1ccc(Br)cc1[N+](=O)[O-].COc1ccccc1-c1ccc(C(=O)OC(C)(C)C)c([N+](=O)[O-])c1. The molecule has 0 amide bonds. The zero-order valence-corrected chi connectivity index (χ0v) is 25.3. The van der Waals surface area contributed by atoms with Crippen molar-refractivity contribution in [2.45, 2.75) is 52.7 Å². The van der Waals surface area contributed by atoms with Gasteiger partial charge in [-0.05, 0) is 71.4 Å². The number of hydrogen-bond donors (Lipinski definition) is 0. The fourth-order valence-electron chi connectivity index (χ4n) is 3.40. The largest absolute Gasteiger partial charge is 0.496 e. The minimum absolute atomic E-state index is 0.0480. The number of rotatable bonds is 6. The Morgan fingerprint density at radius 1 is 0.732 bits per heavy atom. The van der Waals surface area contributed by atoms with Crippen molar-refractivity contribution in [1.82, 2.24) is 0 Å². The van der Waals surface area contributed by atoms with E-state index in [1.54, 1.807) is 65.8 Å². The number of halogens is 1. The van der Waals surface area contributed by atoms with E-state index in [1.807, 2.05) is 12.1 Å². The molecule has 0 aliphatic heterocycles. The summed E-state index contributed by atoms with van der Waals surface area (Å²) >= 11 is 3.12. The van der Waals surface area contributed by atoms with Crippen LogP contribution in [-0.4, -0.2) is 40.1 Å². The monoisotopic (exact) mass is 630 g/mol. The first-order valence-corrected chi connectivity index (χ1v) is 13.1. The van der Waals surface area contributed by atoms with E-state index in [0.717, 1.165) is 0 Å². The summed E-state index contributed by atoms with van der Waals surface area (Å²) in [6, 6.07) is 15.8. The van der Waals surface area contributed by atoms with E-state index < -0.39 is 33.0 Å². The summed E-state index contributed by atoms with van der Waals surface area (Å²) in [7, 11) is 1.53. The van der Waals surface area contributed by atoms with Crippen LogP contribution in [0.25, 0.3) is 11.1 Å². The van der Waals surface area contributed by atoms with Crippen molar-refractivity contribution in [1.29, 1.82) is 0 Å². The summed E-state index contributed by atoms with van der Waals surface area (Å²) in [6.45, 7) is 10.2. The average Bonchev–Trinajstić information content (AvgIpc) is 2.86. The minimum atomic E-state index is -0.730. The zero-order chi connectivity index (χ0) is 31.1. The molecular formula is C29H31BrN2O9. The summed E-state index contributed by atoms with van der Waals surface area (Å²) in [5.41, 5.74) is -0.808. The van der Waals surface area contributed by atoms with Gasteiger partial charge in [-0.3, -0.25) is 20.2 Å². The highest BCUT2D eigenvalue weighted by atomic mass is 79.9. The first kappa shape index (κ1) is 32.9. The lowest BCUT2D eigenvalue weighted by Gasteiger charge is -2.19. The molecule has 218 valence electrons. The van der Waals surface area contributed by atoms with E-state index in [1.165, 1.54) is 31.4 Å². The van der Waals surface area contributed by atoms with E-state index >= 15 is 0 Å². The smallest absolute Gasteiger partial charge is 0.345 e. The van der Waals surface area contributed by atoms with Crippen molar-refractivity contribution in [3.8, 4) is 16.9 Å². The molecule has 0 unspecified atom stereocenters. The lowest BCUT2D eigenvalue weighted by Crippen LogP contribution is -2.24. The number of para-hydroxylation sites is 1. The van der Waals surface area contributed by atoms with Crippen LogP contribution in [0.1, 0.15) is 62.3 Å². The van der Waals surface area contributed by atoms with Gasteiger partial charge in [0.15, 0.2) is 0 Å². The molecule has 0 fully saturated rings. The summed E-state index contributed by atoms with van der Waals surface area (Å²) in [6.07, 6.45) is 0. The van der Waals surface area contributed by atoms with E-state index in [0.29, 0.717) is 21.3 Å². The number of nitrogens with zero attached hydrogens (tertiary/aromatic N) is 2. The molecule has 12 heteroatoms. The lowest BCUT2D eigenvalue weighted by molar-refractivity contribution is -0.385. The number of carbonyl (C=O) groups excluding carboxylic acids is 2. The van der Waals surface area contributed by atoms with Gasteiger partial charge in [-0.15, -0.1) is 0 Å². The maximum atomic E-state index is 12.2. The quantitative estimate of drug-likeness (QED) is 0.153. The second-order valence-corrected chi connectivity index (χ2v) is 11.5. The van der Waals surface area contributed by atoms with E-state index in [2.05, 4.69) is 15.9 Å². The Kier molecular flexibility index (Phi) is 10.7. The average molecular weight is 631 g/mol. The van der Waals surface area contributed by atoms with Gasteiger partial charge < -0.3 is 14.2 Å². The molecular weight excluding hydrogens is 600 g/mol. The molecule has 0 bridgehead atoms. The van der Waals surface area contributed by atoms with Gasteiger partial charge in [0.1, 0.15) is 28.1 Å². The van der Waals surface area contributed by atoms with Crippen LogP contribution in [0.3, 0.4) is 0 Å². The summed E-state index contributed by atoms with van der Waals surface area (Å²) in [4.78, 5) is 45.0. The van der Waals surface area contributed by atoms with Crippen molar-refractivity contribution < 1.29 is 33.6 Å². The third kappa shape index (κ3) is 9.67. The van der Waals surface area contributed by atoms with Gasteiger partial charge in [0.2, 0.25) is 0 Å². The summed E-state index contributed by atoms with van der Waals surface area (Å²) in [5, 5.41) is 22.2. The van der Waals surface area contributed by atoms with Crippen molar-refractivity contribution in [3.63, 3.8) is 0 Å². The molecule has 0 spiro atoms. The second kappa shape index (κ2) is 13.4. The molecule has 0 saturated heterocycles. The van der Waals surface area contributed by atoms with E-state index in [4.69, 9.17) is 14.2 Å². The molecule has 0 radical (unpaired) electrons. The van der Waals surface area contributed by atoms with Crippen LogP contribution >= 0.6 is 15.9 Å². The van der Waals surface area contributed by atoms with E-state index in [-0.39, 0.29) is 22.5 Å². The number of carbonyl (C=O) groups is 2. The van der Waals surface area contributed by atoms with Crippen LogP contribution in [0.4, 0.5) is 11.4 Å². The molecule has 3 rings (SSSR count). The topological polar surface area (TPSA) is 148 Å². The van der Waals surface area contributed by atoms with Crippen molar-refractivity contribution >= 4 is 39.2 Å². The molecule has 11 nitrogen and oxygen atoms in total. The van der Waals surface area contributed by atoms with Gasteiger partial charge in [-0.25, -0.2) is 9.59 Å². The highest BCUT2D eigenvalue weighted by Crippen LogP contribution is 2.34. The van der Waals surface area contributed by atoms with Gasteiger partial charge >= 0.3 is 11.9 Å². The van der Waals surface area contributed by atoms with Gasteiger partial charge in [-0.1, -0.05) is 40.2 Å². The first-order valence-electron chi connectivity index (χ1n) is 12.3. The number of hydrogen-bond acceptors (Lipinski definition) is 9. The fraction of sp³-hybridized carbons (Fsp3) is 0.310. The number of benzene rings is 3. The molecule has 0 aliphatic carbocycles. The van der Waals surface area contributed by atoms with E-state index in [9.17, 15) is 29.8 Å². The molecule has 0 atom stereocenters. The number of methoxy groups -OCH3 is 1. The maximum absolute atomic E-state index is 12.2. The maximum Gasteiger partial charge on any atom is 0.345 e. The Balaban J connectivity index is 0.000000305. The van der Waals surface area contributed by atoms with Gasteiger partial charge in [-0.2, -0.15) is 0 Å². The minimum Gasteiger partial charge on any atom is -0.496 e. The number of nitro benzene ring substituents is 2. The molecule has 0 aliphatic rings. The Morgan fingerprint density at radius 3 is 1.66 bits per heavy atom. The molecule has 3 aromatic rings. The lowest BCUT2D eigenvalue weighted by atomic mass is 10.0. The number of esters is 2. The van der Waals surface area contributed by atoms with Gasteiger partial charge in [0, 0.05) is 22.2 Å². The molecule has 41 heavy (non-hydrogen) atoms. The van der Waals surface area contributed by atoms with Crippen molar-refractivity contribution in [2.75, 3.05) is 7.11 Å². The predicted octanol–water partition coefficient (Wildman–Crippen LogP) is 7.54. The highest BCUT2D eigenvalue weighted by Gasteiger charge is 2.27. The van der Waals surface area contributed by atoms with Crippen LogP contribution < -0.4 is 4.74 Å². The van der Waals surface area contributed by atoms with Gasteiger partial charge in [0.25, 0.3) is 11.4 Å². The first-order chi connectivity index (χ1) is 18.9. The number of ether oxygens (including phenoxy) is 3. The number of nitro groups is 2. The summed E-state index contributed by atoms with van der Waals surface area (Å²) in [5.74, 6) is -0.825. The highest BCUT2D eigenvalue weighted by molar-refractivity contribution is 9.10.